The quantitative estimate of drug-likeness (QED) is 0.663. The zero-order chi connectivity index (χ0) is 19.1. The van der Waals surface area contributed by atoms with Gasteiger partial charge in [-0.3, -0.25) is 4.79 Å². The maximum atomic E-state index is 12.6. The summed E-state index contributed by atoms with van der Waals surface area (Å²) in [5, 5.41) is 5.13. The Hall–Kier alpha value is -2.01. The molecule has 5 heteroatoms. The number of aryl methyl sites for hydroxylation is 1. The molecule has 0 radical (unpaired) electrons. The minimum atomic E-state index is 0.0605. The molecule has 2 aromatic rings. The second kappa shape index (κ2) is 9.79. The van der Waals surface area contributed by atoms with Gasteiger partial charge in [-0.25, -0.2) is 0 Å². The molecule has 1 aliphatic rings. The summed E-state index contributed by atoms with van der Waals surface area (Å²) in [4.78, 5) is 14.0. The number of carbonyl (C=O) groups excluding carboxylic acids is 1. The molecule has 0 saturated carbocycles. The van der Waals surface area contributed by atoms with Crippen LogP contribution in [-0.2, 0) is 19.3 Å². The van der Waals surface area contributed by atoms with E-state index < -0.39 is 0 Å². The first-order valence-electron chi connectivity index (χ1n) is 9.98. The molecule has 0 spiro atoms. The third kappa shape index (κ3) is 5.04. The SMILES string of the molecule is CCOc1ccc(CCNC(=O)c2csc3c2CCCCC3)cc1OCC. The highest BCUT2D eigenvalue weighted by atomic mass is 32.1. The number of benzene rings is 1. The van der Waals surface area contributed by atoms with Crippen molar-refractivity contribution in [1.29, 1.82) is 0 Å². The van der Waals surface area contributed by atoms with E-state index in [0.29, 0.717) is 19.8 Å². The van der Waals surface area contributed by atoms with Crippen LogP contribution in [0.25, 0.3) is 0 Å². The second-order valence-electron chi connectivity index (χ2n) is 6.76. The van der Waals surface area contributed by atoms with Gasteiger partial charge in [0.1, 0.15) is 0 Å². The number of rotatable bonds is 8. The molecule has 3 rings (SSSR count). The Kier molecular flexibility index (Phi) is 7.16. The molecule has 1 N–H and O–H groups in total. The van der Waals surface area contributed by atoms with Crippen molar-refractivity contribution in [3.05, 3.63) is 45.1 Å². The standard InChI is InChI=1S/C22H29NO3S/c1-3-25-19-11-10-16(14-20(19)26-4-2)12-13-23-22(24)18-15-27-21-9-7-5-6-8-17(18)21/h10-11,14-15H,3-9,12-13H2,1-2H3,(H,23,24). The van der Waals surface area contributed by atoms with E-state index >= 15 is 0 Å². The van der Waals surface area contributed by atoms with Crippen molar-refractivity contribution < 1.29 is 14.3 Å². The molecule has 27 heavy (non-hydrogen) atoms. The minimum absolute atomic E-state index is 0.0605. The van der Waals surface area contributed by atoms with Crippen LogP contribution in [0.3, 0.4) is 0 Å². The average molecular weight is 388 g/mol. The molecule has 4 nitrogen and oxygen atoms in total. The summed E-state index contributed by atoms with van der Waals surface area (Å²) in [5.74, 6) is 1.60. The highest BCUT2D eigenvalue weighted by Gasteiger charge is 2.19. The number of hydrogen-bond donors (Lipinski definition) is 1. The van der Waals surface area contributed by atoms with E-state index in [-0.39, 0.29) is 5.91 Å². The van der Waals surface area contributed by atoms with Crippen molar-refractivity contribution in [2.75, 3.05) is 19.8 Å². The van der Waals surface area contributed by atoms with Crippen molar-refractivity contribution in [3.63, 3.8) is 0 Å². The zero-order valence-corrected chi connectivity index (χ0v) is 17.1. The van der Waals surface area contributed by atoms with Crippen LogP contribution in [0.4, 0.5) is 0 Å². The van der Waals surface area contributed by atoms with Crippen LogP contribution in [0.5, 0.6) is 11.5 Å². The average Bonchev–Trinajstić information content (AvgIpc) is 2.92. The van der Waals surface area contributed by atoms with Crippen LogP contribution in [0.2, 0.25) is 0 Å². The Morgan fingerprint density at radius 2 is 1.85 bits per heavy atom. The first kappa shape index (κ1) is 19.7. The third-order valence-corrected chi connectivity index (χ3v) is 5.95. The van der Waals surface area contributed by atoms with E-state index in [4.69, 9.17) is 9.47 Å². The van der Waals surface area contributed by atoms with E-state index in [9.17, 15) is 4.79 Å². The largest absolute Gasteiger partial charge is 0.490 e. The molecule has 1 amide bonds. The van der Waals surface area contributed by atoms with Gasteiger partial charge in [-0.2, -0.15) is 0 Å². The molecular formula is C22H29NO3S. The van der Waals surface area contributed by atoms with E-state index in [0.717, 1.165) is 41.9 Å². The van der Waals surface area contributed by atoms with E-state index in [1.165, 1.54) is 29.7 Å². The van der Waals surface area contributed by atoms with Crippen LogP contribution in [-0.4, -0.2) is 25.7 Å². The normalized spacial score (nSPS) is 13.6. The molecule has 0 saturated heterocycles. The number of nitrogens with one attached hydrogen (secondary N) is 1. The van der Waals surface area contributed by atoms with Crippen molar-refractivity contribution in [2.45, 2.75) is 52.4 Å². The Bertz CT molecular complexity index is 769. The van der Waals surface area contributed by atoms with E-state index in [2.05, 4.69) is 5.32 Å². The summed E-state index contributed by atoms with van der Waals surface area (Å²) in [6.45, 7) is 5.75. The lowest BCUT2D eigenvalue weighted by Gasteiger charge is -2.13. The van der Waals surface area contributed by atoms with Crippen molar-refractivity contribution in [2.24, 2.45) is 0 Å². The third-order valence-electron chi connectivity index (χ3n) is 4.86. The van der Waals surface area contributed by atoms with Crippen LogP contribution in [0.15, 0.2) is 23.6 Å². The summed E-state index contributed by atoms with van der Waals surface area (Å²) >= 11 is 1.75. The van der Waals surface area contributed by atoms with E-state index in [1.54, 1.807) is 11.3 Å². The maximum absolute atomic E-state index is 12.6. The molecule has 146 valence electrons. The van der Waals surface area contributed by atoms with Crippen molar-refractivity contribution >= 4 is 17.2 Å². The van der Waals surface area contributed by atoms with Gasteiger partial charge in [-0.15, -0.1) is 11.3 Å². The molecule has 1 aromatic carbocycles. The van der Waals surface area contributed by atoms with Gasteiger partial charge in [-0.1, -0.05) is 12.5 Å². The second-order valence-corrected chi connectivity index (χ2v) is 7.73. The number of hydrogen-bond acceptors (Lipinski definition) is 4. The first-order chi connectivity index (χ1) is 13.2. The molecule has 0 unspecified atom stereocenters. The van der Waals surface area contributed by atoms with Gasteiger partial charge in [0, 0.05) is 16.8 Å². The number of fused-ring (bicyclic) bond motifs is 1. The predicted octanol–water partition coefficient (Wildman–Crippen LogP) is 4.79. The number of carbonyl (C=O) groups is 1. The van der Waals surface area contributed by atoms with E-state index in [1.807, 2.05) is 37.4 Å². The van der Waals surface area contributed by atoms with Gasteiger partial charge >= 0.3 is 0 Å². The fourth-order valence-corrected chi connectivity index (χ4v) is 4.65. The molecule has 0 bridgehead atoms. The summed E-state index contributed by atoms with van der Waals surface area (Å²) in [5.41, 5.74) is 3.31. The lowest BCUT2D eigenvalue weighted by atomic mass is 10.1. The van der Waals surface area contributed by atoms with Gasteiger partial charge in [0.15, 0.2) is 11.5 Å². The highest BCUT2D eigenvalue weighted by molar-refractivity contribution is 7.10. The molecule has 1 aromatic heterocycles. The smallest absolute Gasteiger partial charge is 0.252 e. The topological polar surface area (TPSA) is 47.6 Å². The van der Waals surface area contributed by atoms with Gasteiger partial charge in [0.05, 0.1) is 18.8 Å². The van der Waals surface area contributed by atoms with Crippen LogP contribution < -0.4 is 14.8 Å². The van der Waals surface area contributed by atoms with Gasteiger partial charge in [0.2, 0.25) is 0 Å². The molecule has 0 atom stereocenters. The predicted molar refractivity (Wildman–Crippen MR) is 110 cm³/mol. The summed E-state index contributed by atoms with van der Waals surface area (Å²) in [6.07, 6.45) is 6.63. The fraction of sp³-hybridized carbons (Fsp3) is 0.500. The summed E-state index contributed by atoms with van der Waals surface area (Å²) in [7, 11) is 0. The fourth-order valence-electron chi connectivity index (χ4n) is 3.53. The molecule has 0 fully saturated rings. The Balaban J connectivity index is 1.59. The Morgan fingerprint density at radius 1 is 1.07 bits per heavy atom. The van der Waals surface area contributed by atoms with Crippen molar-refractivity contribution in [1.82, 2.24) is 5.32 Å². The minimum Gasteiger partial charge on any atom is -0.490 e. The lowest BCUT2D eigenvalue weighted by Crippen LogP contribution is -2.26. The van der Waals surface area contributed by atoms with Crippen LogP contribution >= 0.6 is 11.3 Å². The summed E-state index contributed by atoms with van der Waals surface area (Å²) in [6, 6.07) is 6.00. The van der Waals surface area contributed by atoms with Gasteiger partial charge in [-0.05, 0) is 69.2 Å². The molecule has 1 heterocycles. The maximum Gasteiger partial charge on any atom is 0.252 e. The summed E-state index contributed by atoms with van der Waals surface area (Å²) < 4.78 is 11.3. The zero-order valence-electron chi connectivity index (χ0n) is 16.3. The van der Waals surface area contributed by atoms with Gasteiger partial charge in [0.25, 0.3) is 5.91 Å². The number of thiophene rings is 1. The van der Waals surface area contributed by atoms with Crippen LogP contribution in [0, 0.1) is 0 Å². The Labute approximate surface area is 165 Å². The lowest BCUT2D eigenvalue weighted by molar-refractivity contribution is 0.0953. The highest BCUT2D eigenvalue weighted by Crippen LogP contribution is 2.30. The molecule has 1 aliphatic carbocycles. The number of ether oxygens (including phenoxy) is 2. The number of amides is 1. The van der Waals surface area contributed by atoms with Gasteiger partial charge < -0.3 is 14.8 Å². The Morgan fingerprint density at radius 3 is 2.67 bits per heavy atom. The first-order valence-corrected chi connectivity index (χ1v) is 10.9. The van der Waals surface area contributed by atoms with Crippen LogP contribution in [0.1, 0.15) is 59.5 Å². The molecular weight excluding hydrogens is 358 g/mol. The molecule has 0 aliphatic heterocycles. The van der Waals surface area contributed by atoms with Crippen molar-refractivity contribution in [3.8, 4) is 11.5 Å². The monoisotopic (exact) mass is 387 g/mol.